The standard InChI is InChI=1S/C23H48O2Si/c1-5-7-9-11-13-15-17-19-21-23-25-26(3,4)24-22-20-18-16-14-12-10-8-6-2/h19,21H,5-18,20,22-23H2,1-4H3/b21-19+. The van der Waals surface area contributed by atoms with Crippen LogP contribution in [0.4, 0.5) is 0 Å². The Bertz CT molecular complexity index is 303. The van der Waals surface area contributed by atoms with Crippen LogP contribution >= 0.6 is 0 Å². The lowest BCUT2D eigenvalue weighted by Crippen LogP contribution is -2.35. The molecule has 0 spiro atoms. The Labute approximate surface area is 166 Å². The molecule has 0 rings (SSSR count). The SMILES string of the molecule is CCCCCCCC/C=C/CO[Si](C)(C)OCCCCCCCCCC. The van der Waals surface area contributed by atoms with E-state index < -0.39 is 8.56 Å². The second-order valence-corrected chi connectivity index (χ2v) is 11.4. The first kappa shape index (κ1) is 25.9. The average Bonchev–Trinajstić information content (AvgIpc) is 2.62. The van der Waals surface area contributed by atoms with Crippen LogP contribution in [0, 0.1) is 0 Å². The summed E-state index contributed by atoms with van der Waals surface area (Å²) in [6, 6.07) is 0. The zero-order chi connectivity index (χ0) is 19.3. The topological polar surface area (TPSA) is 18.5 Å². The van der Waals surface area contributed by atoms with Crippen molar-refractivity contribution in [1.82, 2.24) is 0 Å². The van der Waals surface area contributed by atoms with Crippen molar-refractivity contribution in [1.29, 1.82) is 0 Å². The quantitative estimate of drug-likeness (QED) is 0.120. The maximum absolute atomic E-state index is 6.04. The van der Waals surface area contributed by atoms with Gasteiger partial charge in [-0.25, -0.2) is 0 Å². The third-order valence-corrected chi connectivity index (χ3v) is 6.63. The van der Waals surface area contributed by atoms with Gasteiger partial charge in [-0.05, 0) is 32.4 Å². The summed E-state index contributed by atoms with van der Waals surface area (Å²) in [6.45, 7) is 10.5. The van der Waals surface area contributed by atoms with Gasteiger partial charge in [-0.1, -0.05) is 103 Å². The number of allylic oxidation sites excluding steroid dienone is 1. The van der Waals surface area contributed by atoms with Crippen LogP contribution in [0.15, 0.2) is 12.2 Å². The molecule has 0 heterocycles. The van der Waals surface area contributed by atoms with E-state index in [0.717, 1.165) is 6.61 Å². The fourth-order valence-electron chi connectivity index (χ4n) is 3.07. The van der Waals surface area contributed by atoms with Crippen molar-refractivity contribution in [3.05, 3.63) is 12.2 Å². The summed E-state index contributed by atoms with van der Waals surface area (Å²) in [6.07, 6.45) is 24.6. The minimum Gasteiger partial charge on any atom is -0.395 e. The van der Waals surface area contributed by atoms with E-state index >= 15 is 0 Å². The molecule has 0 aromatic carbocycles. The fourth-order valence-corrected chi connectivity index (χ4v) is 4.29. The van der Waals surface area contributed by atoms with Crippen LogP contribution in [0.25, 0.3) is 0 Å². The summed E-state index contributed by atoms with van der Waals surface area (Å²) in [5.41, 5.74) is 0. The van der Waals surface area contributed by atoms with Crippen molar-refractivity contribution in [2.45, 2.75) is 123 Å². The molecule has 3 heteroatoms. The van der Waals surface area contributed by atoms with Crippen LogP contribution in [0.1, 0.15) is 110 Å². The monoisotopic (exact) mass is 384 g/mol. The first-order chi connectivity index (χ1) is 12.6. The van der Waals surface area contributed by atoms with Gasteiger partial charge in [0, 0.05) is 6.61 Å². The van der Waals surface area contributed by atoms with Gasteiger partial charge in [-0.3, -0.25) is 0 Å². The summed E-state index contributed by atoms with van der Waals surface area (Å²) in [7, 11) is -1.93. The van der Waals surface area contributed by atoms with Crippen molar-refractivity contribution >= 4 is 8.56 Å². The number of hydrogen-bond donors (Lipinski definition) is 0. The maximum Gasteiger partial charge on any atom is 0.331 e. The molecule has 0 radical (unpaired) electrons. The first-order valence-corrected chi connectivity index (χ1v) is 14.4. The molecule has 0 aliphatic rings. The molecule has 0 aliphatic heterocycles. The van der Waals surface area contributed by atoms with E-state index in [1.165, 1.54) is 96.3 Å². The zero-order valence-electron chi connectivity index (χ0n) is 18.5. The Hall–Kier alpha value is -0.123. The normalized spacial score (nSPS) is 12.3. The number of rotatable bonds is 20. The van der Waals surface area contributed by atoms with E-state index in [-0.39, 0.29) is 0 Å². The molecule has 0 amide bonds. The lowest BCUT2D eigenvalue weighted by Gasteiger charge is -2.22. The molecular weight excluding hydrogens is 336 g/mol. The smallest absolute Gasteiger partial charge is 0.331 e. The van der Waals surface area contributed by atoms with Gasteiger partial charge in [0.2, 0.25) is 0 Å². The van der Waals surface area contributed by atoms with Crippen LogP contribution < -0.4 is 0 Å². The Kier molecular flexibility index (Phi) is 19.5. The average molecular weight is 385 g/mol. The third kappa shape index (κ3) is 20.2. The number of unbranched alkanes of at least 4 members (excludes halogenated alkanes) is 13. The van der Waals surface area contributed by atoms with Gasteiger partial charge < -0.3 is 8.85 Å². The molecule has 0 aromatic rings. The van der Waals surface area contributed by atoms with Gasteiger partial charge >= 0.3 is 8.56 Å². The van der Waals surface area contributed by atoms with Crippen molar-refractivity contribution in [3.63, 3.8) is 0 Å². The molecule has 0 unspecified atom stereocenters. The Balaban J connectivity index is 3.42. The van der Waals surface area contributed by atoms with E-state index in [1.54, 1.807) is 0 Å². The minimum absolute atomic E-state index is 0.715. The maximum atomic E-state index is 6.04. The highest BCUT2D eigenvalue weighted by atomic mass is 28.4. The van der Waals surface area contributed by atoms with E-state index in [0.29, 0.717) is 6.61 Å². The molecule has 26 heavy (non-hydrogen) atoms. The molecule has 2 nitrogen and oxygen atoms in total. The molecule has 0 saturated heterocycles. The zero-order valence-corrected chi connectivity index (χ0v) is 19.5. The molecule has 0 aromatic heterocycles. The fraction of sp³-hybridized carbons (Fsp3) is 0.913. The van der Waals surface area contributed by atoms with Crippen molar-refractivity contribution in [3.8, 4) is 0 Å². The van der Waals surface area contributed by atoms with Crippen LogP contribution in [0.2, 0.25) is 13.1 Å². The summed E-state index contributed by atoms with van der Waals surface area (Å²) in [5, 5.41) is 0. The molecular formula is C23H48O2Si. The van der Waals surface area contributed by atoms with Crippen molar-refractivity contribution < 1.29 is 8.85 Å². The Morgan fingerprint density at radius 1 is 0.577 bits per heavy atom. The van der Waals surface area contributed by atoms with E-state index in [2.05, 4.69) is 39.1 Å². The minimum atomic E-state index is -1.93. The predicted octanol–water partition coefficient (Wildman–Crippen LogP) is 8.17. The number of hydrogen-bond acceptors (Lipinski definition) is 2. The summed E-state index contributed by atoms with van der Waals surface area (Å²) >= 11 is 0. The summed E-state index contributed by atoms with van der Waals surface area (Å²) in [5.74, 6) is 0. The van der Waals surface area contributed by atoms with E-state index in [4.69, 9.17) is 8.85 Å². The Morgan fingerprint density at radius 2 is 1.08 bits per heavy atom. The van der Waals surface area contributed by atoms with Gasteiger partial charge in [0.25, 0.3) is 0 Å². The molecule has 0 fully saturated rings. The van der Waals surface area contributed by atoms with Crippen molar-refractivity contribution in [2.24, 2.45) is 0 Å². The lowest BCUT2D eigenvalue weighted by molar-refractivity contribution is 0.190. The van der Waals surface area contributed by atoms with Crippen LogP contribution in [-0.2, 0) is 8.85 Å². The molecule has 156 valence electrons. The third-order valence-electron chi connectivity index (χ3n) is 4.87. The molecule has 0 atom stereocenters. The lowest BCUT2D eigenvalue weighted by atomic mass is 10.1. The van der Waals surface area contributed by atoms with Gasteiger partial charge in [-0.2, -0.15) is 0 Å². The van der Waals surface area contributed by atoms with Crippen molar-refractivity contribution in [2.75, 3.05) is 13.2 Å². The second kappa shape index (κ2) is 19.6. The van der Waals surface area contributed by atoms with E-state index in [1.807, 2.05) is 0 Å². The van der Waals surface area contributed by atoms with Gasteiger partial charge in [-0.15, -0.1) is 0 Å². The Morgan fingerprint density at radius 3 is 1.65 bits per heavy atom. The highest BCUT2D eigenvalue weighted by molar-refractivity contribution is 6.64. The summed E-state index contributed by atoms with van der Waals surface area (Å²) in [4.78, 5) is 0. The van der Waals surface area contributed by atoms with E-state index in [9.17, 15) is 0 Å². The largest absolute Gasteiger partial charge is 0.395 e. The van der Waals surface area contributed by atoms with Crippen LogP contribution in [-0.4, -0.2) is 21.8 Å². The van der Waals surface area contributed by atoms with Gasteiger partial charge in [0.15, 0.2) is 0 Å². The molecule has 0 saturated carbocycles. The van der Waals surface area contributed by atoms with Crippen LogP contribution in [0.3, 0.4) is 0 Å². The van der Waals surface area contributed by atoms with Gasteiger partial charge in [0.05, 0.1) is 6.61 Å². The van der Waals surface area contributed by atoms with Gasteiger partial charge in [0.1, 0.15) is 0 Å². The molecule has 0 N–H and O–H groups in total. The second-order valence-electron chi connectivity index (χ2n) is 8.06. The van der Waals surface area contributed by atoms with Crippen LogP contribution in [0.5, 0.6) is 0 Å². The molecule has 0 bridgehead atoms. The summed E-state index contributed by atoms with van der Waals surface area (Å²) < 4.78 is 12.0. The highest BCUT2D eigenvalue weighted by Gasteiger charge is 2.23. The molecule has 0 aliphatic carbocycles. The highest BCUT2D eigenvalue weighted by Crippen LogP contribution is 2.12. The first-order valence-electron chi connectivity index (χ1n) is 11.5. The predicted molar refractivity (Wildman–Crippen MR) is 119 cm³/mol.